The second kappa shape index (κ2) is 8.21. The first kappa shape index (κ1) is 26.5. The lowest BCUT2D eigenvalue weighted by atomic mass is 9.42. The Morgan fingerprint density at radius 1 is 0.914 bits per heavy atom. The highest BCUT2D eigenvalue weighted by Crippen LogP contribution is 2.79. The lowest BCUT2D eigenvalue weighted by Crippen LogP contribution is -2.78. The van der Waals surface area contributed by atoms with E-state index in [4.69, 9.17) is 18.9 Å². The molecule has 5 saturated carbocycles. The fourth-order valence-corrected chi connectivity index (χ4v) is 10.9. The summed E-state index contributed by atoms with van der Waals surface area (Å²) in [5.41, 5.74) is -3.83. The van der Waals surface area contributed by atoms with E-state index in [0.29, 0.717) is 26.0 Å². The predicted molar refractivity (Wildman–Crippen MR) is 127 cm³/mol. The molecule has 1 aliphatic heterocycles. The van der Waals surface area contributed by atoms with Crippen LogP contribution in [0.3, 0.4) is 0 Å². The van der Waals surface area contributed by atoms with Crippen LogP contribution in [-0.4, -0.2) is 121 Å². The molecule has 14 atom stereocenters. The van der Waals surface area contributed by atoms with Gasteiger partial charge in [-0.2, -0.15) is 0 Å². The van der Waals surface area contributed by atoms with Crippen molar-refractivity contribution in [3.05, 3.63) is 0 Å². The Kier molecular flexibility index (Phi) is 6.23. The number of fused-ring (bicyclic) bond motifs is 2. The molecule has 1 spiro atoms. The third kappa shape index (κ3) is 2.62. The minimum absolute atomic E-state index is 0. The van der Waals surface area contributed by atoms with Crippen molar-refractivity contribution in [1.82, 2.24) is 4.90 Å². The van der Waals surface area contributed by atoms with Gasteiger partial charge in [-0.05, 0) is 18.9 Å². The van der Waals surface area contributed by atoms with E-state index < -0.39 is 46.3 Å². The van der Waals surface area contributed by atoms with E-state index >= 15 is 0 Å². The molecule has 6 rings (SSSR count). The van der Waals surface area contributed by atoms with E-state index in [0.717, 1.165) is 6.54 Å². The van der Waals surface area contributed by atoms with Crippen molar-refractivity contribution < 1.29 is 39.4 Å². The number of aliphatic hydroxyl groups is 4. The number of aliphatic hydroxyl groups excluding tert-OH is 2. The Balaban J connectivity index is 0.00000253. The van der Waals surface area contributed by atoms with E-state index in [1.54, 1.807) is 28.4 Å². The normalized spacial score (nSPS) is 59.9. The van der Waals surface area contributed by atoms with Crippen LogP contribution in [0.2, 0.25) is 0 Å². The average molecular weight is 520 g/mol. The molecule has 6 aliphatic rings. The van der Waals surface area contributed by atoms with Gasteiger partial charge < -0.3 is 39.4 Å². The monoisotopic (exact) mass is 519 g/mol. The summed E-state index contributed by atoms with van der Waals surface area (Å²) in [5, 5.41) is 47.6. The maximum atomic E-state index is 12.6. The van der Waals surface area contributed by atoms with E-state index in [9.17, 15) is 20.4 Å². The van der Waals surface area contributed by atoms with Gasteiger partial charge in [0.25, 0.3) is 0 Å². The molecular weight excluding hydrogens is 478 g/mol. The second-order valence-corrected chi connectivity index (χ2v) is 12.0. The number of ether oxygens (including phenoxy) is 4. The molecule has 9 nitrogen and oxygen atoms in total. The lowest BCUT2D eigenvalue weighted by Gasteiger charge is -2.70. The van der Waals surface area contributed by atoms with Gasteiger partial charge in [0.15, 0.2) is 0 Å². The maximum absolute atomic E-state index is 12.6. The summed E-state index contributed by atoms with van der Waals surface area (Å²) >= 11 is 0. The fraction of sp³-hybridized carbons (Fsp3) is 1.00. The van der Waals surface area contributed by atoms with Crippen molar-refractivity contribution in [1.29, 1.82) is 0 Å². The van der Waals surface area contributed by atoms with Crippen LogP contribution in [0.1, 0.15) is 26.2 Å². The van der Waals surface area contributed by atoms with Gasteiger partial charge in [0, 0.05) is 82.5 Å². The zero-order valence-electron chi connectivity index (χ0n) is 21.3. The highest BCUT2D eigenvalue weighted by atomic mass is 35.5. The van der Waals surface area contributed by atoms with Gasteiger partial charge >= 0.3 is 0 Å². The number of hydrogen-bond acceptors (Lipinski definition) is 9. The zero-order valence-corrected chi connectivity index (χ0v) is 22.1. The highest BCUT2D eigenvalue weighted by Gasteiger charge is 2.89. The van der Waals surface area contributed by atoms with Gasteiger partial charge in [-0.3, -0.25) is 4.90 Å². The van der Waals surface area contributed by atoms with Crippen LogP contribution < -0.4 is 0 Å². The van der Waals surface area contributed by atoms with Crippen LogP contribution in [0.15, 0.2) is 0 Å². The molecular formula is C25H42ClNO8. The number of likely N-dealkylation sites (tertiary alicyclic amines) is 1. The van der Waals surface area contributed by atoms with Crippen molar-refractivity contribution in [3.63, 3.8) is 0 Å². The van der Waals surface area contributed by atoms with E-state index in [-0.39, 0.29) is 54.8 Å². The number of piperidine rings is 1. The van der Waals surface area contributed by atoms with Gasteiger partial charge in [0.1, 0.15) is 5.60 Å². The van der Waals surface area contributed by atoms with Gasteiger partial charge in [0.2, 0.25) is 0 Å². The second-order valence-electron chi connectivity index (χ2n) is 12.0. The number of hydrogen-bond donors (Lipinski definition) is 4. The molecule has 10 heteroatoms. The first-order chi connectivity index (χ1) is 16.2. The smallest absolute Gasteiger partial charge is 0.117 e. The minimum Gasteiger partial charge on any atom is -0.392 e. The Bertz CT molecular complexity index is 852. The van der Waals surface area contributed by atoms with E-state index in [2.05, 4.69) is 11.8 Å². The molecule has 202 valence electrons. The largest absolute Gasteiger partial charge is 0.392 e. The first-order valence-corrected chi connectivity index (χ1v) is 12.8. The molecule has 0 aromatic carbocycles. The number of nitrogens with zero attached hydrogens (tertiary/aromatic N) is 1. The first-order valence-electron chi connectivity index (χ1n) is 12.8. The van der Waals surface area contributed by atoms with Crippen molar-refractivity contribution in [2.75, 3.05) is 48.1 Å². The molecule has 35 heavy (non-hydrogen) atoms. The van der Waals surface area contributed by atoms with Crippen molar-refractivity contribution in [3.8, 4) is 0 Å². The van der Waals surface area contributed by atoms with Crippen LogP contribution in [0.4, 0.5) is 0 Å². The van der Waals surface area contributed by atoms with Crippen molar-refractivity contribution in [2.45, 2.75) is 73.9 Å². The molecule has 1 heterocycles. The van der Waals surface area contributed by atoms with Gasteiger partial charge in [-0.1, -0.05) is 6.92 Å². The molecule has 5 aliphatic carbocycles. The summed E-state index contributed by atoms with van der Waals surface area (Å²) in [6, 6.07) is -0.0636. The fourth-order valence-electron chi connectivity index (χ4n) is 10.9. The molecule has 1 saturated heterocycles. The third-order valence-electron chi connectivity index (χ3n) is 11.6. The van der Waals surface area contributed by atoms with Crippen molar-refractivity contribution in [2.24, 2.45) is 34.5 Å². The molecule has 14 unspecified atom stereocenters. The summed E-state index contributed by atoms with van der Waals surface area (Å²) < 4.78 is 24.0. The minimum atomic E-state index is -1.43. The summed E-state index contributed by atoms with van der Waals surface area (Å²) in [4.78, 5) is 2.39. The van der Waals surface area contributed by atoms with E-state index in [1.807, 2.05) is 0 Å². The average Bonchev–Trinajstić information content (AvgIpc) is 3.17. The van der Waals surface area contributed by atoms with E-state index in [1.165, 1.54) is 0 Å². The van der Waals surface area contributed by atoms with Crippen molar-refractivity contribution >= 4 is 12.4 Å². The molecule has 4 N–H and O–H groups in total. The summed E-state index contributed by atoms with van der Waals surface area (Å²) in [7, 11) is 6.61. The predicted octanol–water partition coefficient (Wildman–Crippen LogP) is -0.336. The molecule has 0 aromatic heterocycles. The SMILES string of the molecule is CCN1CC2(COC)C(O)CC(OC)C34C5CC6(O)C(OC)CC(O)(C5C6O)C(C(OC)C23)C14.Cl. The molecule has 7 bridgehead atoms. The quantitative estimate of drug-likeness (QED) is 0.373. The van der Waals surface area contributed by atoms with Crippen LogP contribution in [0.5, 0.6) is 0 Å². The standard InChI is InChI=1S/C25H41NO8.ClH/c1-6-26-10-22(11-31-2)13(27)7-14(32-3)25-12-8-23(29)15(33-4)9-24(30,16(12)21(23)28)17(20(25)26)18(34-5)19(22)25;/h12-21,27-30H,6-11H2,1-5H3;1H. The highest BCUT2D eigenvalue weighted by molar-refractivity contribution is 5.85. The number of methoxy groups -OCH3 is 4. The molecule has 0 amide bonds. The van der Waals surface area contributed by atoms with Crippen LogP contribution in [0.25, 0.3) is 0 Å². The molecule has 6 fully saturated rings. The Morgan fingerprint density at radius 3 is 2.17 bits per heavy atom. The molecule has 0 aromatic rings. The molecule has 0 radical (unpaired) electrons. The Labute approximate surface area is 213 Å². The van der Waals surface area contributed by atoms with Gasteiger partial charge in [-0.15, -0.1) is 12.4 Å². The van der Waals surface area contributed by atoms with Crippen LogP contribution in [-0.2, 0) is 18.9 Å². The Hall–Kier alpha value is -0.0700. The summed E-state index contributed by atoms with van der Waals surface area (Å²) in [5.74, 6) is -1.20. The topological polar surface area (TPSA) is 121 Å². The zero-order chi connectivity index (χ0) is 24.4. The van der Waals surface area contributed by atoms with Crippen LogP contribution in [0, 0.1) is 34.5 Å². The number of halogens is 1. The van der Waals surface area contributed by atoms with Crippen LogP contribution >= 0.6 is 12.4 Å². The number of rotatable bonds is 6. The third-order valence-corrected chi connectivity index (χ3v) is 11.6. The Morgan fingerprint density at radius 2 is 1.60 bits per heavy atom. The summed E-state index contributed by atoms with van der Waals surface area (Å²) in [6.45, 7) is 3.88. The van der Waals surface area contributed by atoms with Gasteiger partial charge in [-0.25, -0.2) is 0 Å². The maximum Gasteiger partial charge on any atom is 0.117 e. The summed E-state index contributed by atoms with van der Waals surface area (Å²) in [6.07, 6.45) is -2.06. The lowest BCUT2D eigenvalue weighted by molar-refractivity contribution is -0.298. The van der Waals surface area contributed by atoms with Gasteiger partial charge in [0.05, 0.1) is 42.7 Å².